The fraction of sp³-hybridized carbons (Fsp3) is 1.00. The third-order valence-corrected chi connectivity index (χ3v) is 2.63. The molecule has 0 aromatic heterocycles. The van der Waals surface area contributed by atoms with Gasteiger partial charge in [-0.2, -0.15) is 0 Å². The van der Waals surface area contributed by atoms with Crippen molar-refractivity contribution in [3.8, 4) is 0 Å². The van der Waals surface area contributed by atoms with E-state index in [1.165, 1.54) is 0 Å². The maximum Gasteiger partial charge on any atom is 0.125 e. The van der Waals surface area contributed by atoms with Crippen molar-refractivity contribution in [1.82, 2.24) is 0 Å². The highest BCUT2D eigenvalue weighted by Gasteiger charge is 2.24. The summed E-state index contributed by atoms with van der Waals surface area (Å²) in [7, 11) is 0. The summed E-state index contributed by atoms with van der Waals surface area (Å²) in [6.07, 6.45) is -0.486. The molecule has 0 rings (SSSR count). The summed E-state index contributed by atoms with van der Waals surface area (Å²) in [5, 5.41) is 0. The Morgan fingerprint density at radius 3 is 1.75 bits per heavy atom. The van der Waals surface area contributed by atoms with Gasteiger partial charge in [0.15, 0.2) is 0 Å². The van der Waals surface area contributed by atoms with Gasteiger partial charge < -0.3 is 0 Å². The first-order valence-electron chi connectivity index (χ1n) is 4.03. The molecule has 0 saturated heterocycles. The first-order chi connectivity index (χ1) is 5.12. The lowest BCUT2D eigenvalue weighted by Gasteiger charge is -2.29. The van der Waals surface area contributed by atoms with Crippen molar-refractivity contribution in [1.29, 1.82) is 0 Å². The minimum atomic E-state index is -1.49. The number of hydrogen-bond acceptors (Lipinski definition) is 1. The van der Waals surface area contributed by atoms with Gasteiger partial charge in [-0.25, -0.2) is 0 Å². The molecular weight excluding hydrogens is 212 g/mol. The molecule has 0 heterocycles. The number of rotatable bonds is 2. The molecule has 0 atom stereocenters. The van der Waals surface area contributed by atoms with Crippen molar-refractivity contribution in [2.75, 3.05) is 0 Å². The van der Waals surface area contributed by atoms with Gasteiger partial charge in [-0.1, -0.05) is 43.3 Å². The smallest absolute Gasteiger partial charge is 0.125 e. The highest BCUT2D eigenvalue weighted by molar-refractivity contribution is 7.96. The van der Waals surface area contributed by atoms with Crippen molar-refractivity contribution in [2.45, 2.75) is 46.6 Å². The second-order valence-corrected chi connectivity index (χ2v) is 8.34. The first-order valence-corrected chi connectivity index (χ1v) is 7.50. The molecule has 0 spiro atoms. The Kier molecular flexibility index (Phi) is 4.64. The fourth-order valence-corrected chi connectivity index (χ4v) is 3.48. The van der Waals surface area contributed by atoms with Crippen LogP contribution in [0.15, 0.2) is 4.74 Å². The monoisotopic (exact) mass is 229 g/mol. The van der Waals surface area contributed by atoms with Crippen LogP contribution in [0.4, 0.5) is 0 Å². The minimum Gasteiger partial charge on any atom is -0.270 e. The van der Waals surface area contributed by atoms with Crippen LogP contribution in [-0.2, 0) is 0 Å². The standard InChI is InChI=1S/C8H18Cl2NP/c1-7(2,3)6-8(4,5)11-12(9)10/h12H,6H2,1-5H3. The predicted octanol–water partition coefficient (Wildman–Crippen LogP) is 4.91. The summed E-state index contributed by atoms with van der Waals surface area (Å²) in [6.45, 7) is 10.7. The number of hydrogen-bond donors (Lipinski definition) is 0. The van der Waals surface area contributed by atoms with Gasteiger partial charge in [-0.05, 0) is 25.7 Å². The van der Waals surface area contributed by atoms with Crippen LogP contribution in [0.25, 0.3) is 0 Å². The van der Waals surface area contributed by atoms with E-state index in [4.69, 9.17) is 22.5 Å². The van der Waals surface area contributed by atoms with Crippen LogP contribution in [-0.4, -0.2) is 5.54 Å². The van der Waals surface area contributed by atoms with Gasteiger partial charge in [-0.15, -0.1) is 0 Å². The highest BCUT2D eigenvalue weighted by atomic mass is 35.9. The number of nitrogens with zero attached hydrogens (tertiary/aromatic N) is 1. The molecular formula is C8H18Cl2NP. The molecule has 0 unspecified atom stereocenters. The highest BCUT2D eigenvalue weighted by Crippen LogP contribution is 2.42. The average molecular weight is 230 g/mol. The summed E-state index contributed by atoms with van der Waals surface area (Å²) >= 11 is 11.4. The van der Waals surface area contributed by atoms with Gasteiger partial charge in [-0.3, -0.25) is 4.74 Å². The SMILES string of the molecule is CC(C)(C)CC(C)(C)N=[PH](Cl)Cl. The van der Waals surface area contributed by atoms with Crippen LogP contribution in [0.1, 0.15) is 41.0 Å². The van der Waals surface area contributed by atoms with Crippen LogP contribution < -0.4 is 0 Å². The topological polar surface area (TPSA) is 12.4 Å². The van der Waals surface area contributed by atoms with Crippen LogP contribution in [0.2, 0.25) is 0 Å². The zero-order valence-corrected chi connectivity index (χ0v) is 10.9. The summed E-state index contributed by atoms with van der Waals surface area (Å²) in [5.41, 5.74) is 0.189. The third-order valence-electron chi connectivity index (χ3n) is 1.35. The maximum absolute atomic E-state index is 5.69. The fourth-order valence-electron chi connectivity index (χ4n) is 1.57. The molecule has 4 heteroatoms. The van der Waals surface area contributed by atoms with E-state index in [1.54, 1.807) is 0 Å². The summed E-state index contributed by atoms with van der Waals surface area (Å²) in [6, 6.07) is 0. The van der Waals surface area contributed by atoms with E-state index in [1.807, 2.05) is 0 Å². The van der Waals surface area contributed by atoms with Crippen molar-refractivity contribution in [3.63, 3.8) is 0 Å². The molecule has 0 N–H and O–H groups in total. The summed E-state index contributed by atoms with van der Waals surface area (Å²) in [4.78, 5) is 0. The molecule has 12 heavy (non-hydrogen) atoms. The lowest BCUT2D eigenvalue weighted by atomic mass is 9.82. The van der Waals surface area contributed by atoms with Gasteiger partial charge >= 0.3 is 0 Å². The predicted molar refractivity (Wildman–Crippen MR) is 60.6 cm³/mol. The lowest BCUT2D eigenvalue weighted by molar-refractivity contribution is 0.290. The third kappa shape index (κ3) is 7.46. The molecule has 0 aliphatic carbocycles. The maximum atomic E-state index is 5.69. The zero-order chi connectivity index (χ0) is 9.99. The molecule has 0 radical (unpaired) electrons. The van der Waals surface area contributed by atoms with Gasteiger partial charge in [0, 0.05) is 0 Å². The molecule has 0 bridgehead atoms. The molecule has 0 fully saturated rings. The molecule has 0 aromatic rings. The van der Waals surface area contributed by atoms with Gasteiger partial charge in [0.05, 0.1) is 5.54 Å². The molecule has 1 nitrogen and oxygen atoms in total. The van der Waals surface area contributed by atoms with Crippen LogP contribution in [0.3, 0.4) is 0 Å². The Bertz CT molecular complexity index is 178. The van der Waals surface area contributed by atoms with E-state index < -0.39 is 6.42 Å². The second kappa shape index (κ2) is 4.35. The van der Waals surface area contributed by atoms with Gasteiger partial charge in [0.25, 0.3) is 0 Å². The summed E-state index contributed by atoms with van der Waals surface area (Å²) < 4.78 is 4.33. The normalized spacial score (nSPS) is 13.7. The minimum absolute atomic E-state index is 0.0873. The molecule has 74 valence electrons. The van der Waals surface area contributed by atoms with Crippen LogP contribution in [0.5, 0.6) is 0 Å². The van der Waals surface area contributed by atoms with E-state index >= 15 is 0 Å². The Labute approximate surface area is 85.9 Å². The van der Waals surface area contributed by atoms with Crippen molar-refractivity contribution < 1.29 is 0 Å². The molecule has 0 amide bonds. The molecule has 0 aliphatic heterocycles. The Balaban J connectivity index is 4.34. The van der Waals surface area contributed by atoms with Crippen molar-refractivity contribution >= 4 is 28.9 Å². The van der Waals surface area contributed by atoms with Crippen LogP contribution in [0, 0.1) is 5.41 Å². The Hall–Kier alpha value is 0.810. The zero-order valence-electron chi connectivity index (χ0n) is 8.41. The Morgan fingerprint density at radius 2 is 1.50 bits per heavy atom. The Morgan fingerprint density at radius 1 is 1.08 bits per heavy atom. The number of halogens is 2. The molecule has 0 saturated carbocycles. The average Bonchev–Trinajstić information content (AvgIpc) is 1.48. The lowest BCUT2D eigenvalue weighted by Crippen LogP contribution is -2.23. The van der Waals surface area contributed by atoms with Gasteiger partial charge in [0.2, 0.25) is 0 Å². The van der Waals surface area contributed by atoms with Crippen molar-refractivity contribution in [2.24, 2.45) is 10.2 Å². The molecule has 0 aliphatic rings. The largest absolute Gasteiger partial charge is 0.270 e. The quantitative estimate of drug-likeness (QED) is 0.598. The van der Waals surface area contributed by atoms with E-state index in [2.05, 4.69) is 39.4 Å². The van der Waals surface area contributed by atoms with E-state index in [9.17, 15) is 0 Å². The van der Waals surface area contributed by atoms with E-state index in [0.717, 1.165) is 6.42 Å². The van der Waals surface area contributed by atoms with E-state index in [0.29, 0.717) is 0 Å². The first kappa shape index (κ1) is 12.8. The van der Waals surface area contributed by atoms with Gasteiger partial charge in [0.1, 0.15) is 6.42 Å². The molecule has 0 aromatic carbocycles. The second-order valence-electron chi connectivity index (χ2n) is 4.90. The van der Waals surface area contributed by atoms with Crippen LogP contribution >= 0.6 is 28.9 Å². The van der Waals surface area contributed by atoms with E-state index in [-0.39, 0.29) is 11.0 Å². The van der Waals surface area contributed by atoms with Crippen molar-refractivity contribution in [3.05, 3.63) is 0 Å². The summed E-state index contributed by atoms with van der Waals surface area (Å²) in [5.74, 6) is 0.